The van der Waals surface area contributed by atoms with Gasteiger partial charge in [-0.2, -0.15) is 0 Å². The van der Waals surface area contributed by atoms with E-state index in [9.17, 15) is 4.79 Å². The Bertz CT molecular complexity index is 979. The monoisotopic (exact) mass is 382 g/mol. The van der Waals surface area contributed by atoms with Gasteiger partial charge in [0, 0.05) is 23.3 Å². The Morgan fingerprint density at radius 1 is 1.04 bits per heavy atom. The Kier molecular flexibility index (Phi) is 4.76. The van der Waals surface area contributed by atoms with Gasteiger partial charge in [0.15, 0.2) is 11.5 Å². The van der Waals surface area contributed by atoms with Crippen molar-refractivity contribution in [3.63, 3.8) is 0 Å². The lowest BCUT2D eigenvalue weighted by Crippen LogP contribution is -2.24. The first kappa shape index (κ1) is 17.1. The number of fused-ring (bicyclic) bond motifs is 1. The van der Waals surface area contributed by atoms with E-state index in [1.807, 2.05) is 30.3 Å². The molecule has 1 aromatic heterocycles. The van der Waals surface area contributed by atoms with Crippen LogP contribution >= 0.6 is 11.6 Å². The SMILES string of the molecule is O=C(NCc1ccc2c(c1)OCO2)c1cc(Nc2ccc(Cl)cc2)ncn1. The number of carbonyl (C=O) groups excluding carboxylic acids is 1. The summed E-state index contributed by atoms with van der Waals surface area (Å²) >= 11 is 5.88. The molecule has 0 saturated heterocycles. The molecule has 2 heterocycles. The number of carbonyl (C=O) groups is 1. The molecule has 0 spiro atoms. The van der Waals surface area contributed by atoms with Gasteiger partial charge in [0.2, 0.25) is 6.79 Å². The average Bonchev–Trinajstić information content (AvgIpc) is 3.16. The van der Waals surface area contributed by atoms with E-state index >= 15 is 0 Å². The number of hydrogen-bond donors (Lipinski definition) is 2. The number of aromatic nitrogens is 2. The third-order valence-electron chi connectivity index (χ3n) is 3.91. The zero-order valence-corrected chi connectivity index (χ0v) is 14.9. The number of rotatable bonds is 5. The van der Waals surface area contributed by atoms with Gasteiger partial charge in [0.1, 0.15) is 17.8 Å². The highest BCUT2D eigenvalue weighted by Gasteiger charge is 2.14. The summed E-state index contributed by atoms with van der Waals surface area (Å²) in [6, 6.07) is 14.3. The fourth-order valence-electron chi connectivity index (χ4n) is 2.55. The number of ether oxygens (including phenoxy) is 2. The van der Waals surface area contributed by atoms with Crippen molar-refractivity contribution in [3.05, 3.63) is 71.1 Å². The standard InChI is InChI=1S/C19H15ClN4O3/c20-13-2-4-14(5-3-13)24-18-8-15(22-10-23-18)19(25)21-9-12-1-6-16-17(7-12)27-11-26-16/h1-8,10H,9,11H2,(H,21,25)(H,22,23,24). The van der Waals surface area contributed by atoms with Crippen molar-refractivity contribution in [2.24, 2.45) is 0 Å². The predicted molar refractivity (Wildman–Crippen MR) is 101 cm³/mol. The quantitative estimate of drug-likeness (QED) is 0.702. The van der Waals surface area contributed by atoms with Crippen molar-refractivity contribution in [2.75, 3.05) is 12.1 Å². The molecule has 0 atom stereocenters. The summed E-state index contributed by atoms with van der Waals surface area (Å²) in [5, 5.41) is 6.59. The Morgan fingerprint density at radius 2 is 1.85 bits per heavy atom. The third-order valence-corrected chi connectivity index (χ3v) is 4.16. The summed E-state index contributed by atoms with van der Waals surface area (Å²) in [6.07, 6.45) is 1.34. The number of amides is 1. The molecule has 0 aliphatic carbocycles. The second-order valence-corrected chi connectivity index (χ2v) is 6.23. The van der Waals surface area contributed by atoms with E-state index in [0.29, 0.717) is 28.9 Å². The summed E-state index contributed by atoms with van der Waals surface area (Å²) in [7, 11) is 0. The van der Waals surface area contributed by atoms with E-state index < -0.39 is 0 Å². The molecule has 0 saturated carbocycles. The minimum Gasteiger partial charge on any atom is -0.454 e. The van der Waals surface area contributed by atoms with Crippen LogP contribution in [0.1, 0.15) is 16.1 Å². The van der Waals surface area contributed by atoms with Crippen LogP contribution in [0.25, 0.3) is 0 Å². The molecule has 27 heavy (non-hydrogen) atoms. The zero-order chi connectivity index (χ0) is 18.6. The van der Waals surface area contributed by atoms with Crippen molar-refractivity contribution >= 4 is 29.0 Å². The first-order valence-electron chi connectivity index (χ1n) is 8.19. The smallest absolute Gasteiger partial charge is 0.270 e. The highest BCUT2D eigenvalue weighted by molar-refractivity contribution is 6.30. The second-order valence-electron chi connectivity index (χ2n) is 5.79. The largest absolute Gasteiger partial charge is 0.454 e. The third kappa shape index (κ3) is 4.09. The Morgan fingerprint density at radius 3 is 2.70 bits per heavy atom. The predicted octanol–water partition coefficient (Wildman–Crippen LogP) is 3.53. The average molecular weight is 383 g/mol. The van der Waals surface area contributed by atoms with Gasteiger partial charge in [-0.3, -0.25) is 4.79 Å². The zero-order valence-electron chi connectivity index (χ0n) is 14.1. The molecule has 136 valence electrons. The number of benzene rings is 2. The minimum atomic E-state index is -0.297. The first-order chi connectivity index (χ1) is 13.2. The van der Waals surface area contributed by atoms with Crippen LogP contribution in [-0.2, 0) is 6.54 Å². The van der Waals surface area contributed by atoms with E-state index in [4.69, 9.17) is 21.1 Å². The molecule has 4 rings (SSSR count). The van der Waals surface area contributed by atoms with Gasteiger partial charge in [0.05, 0.1) is 0 Å². The van der Waals surface area contributed by atoms with E-state index in [-0.39, 0.29) is 18.4 Å². The molecular weight excluding hydrogens is 368 g/mol. The van der Waals surface area contributed by atoms with Crippen LogP contribution in [0.5, 0.6) is 11.5 Å². The molecule has 0 unspecified atom stereocenters. The van der Waals surface area contributed by atoms with Gasteiger partial charge in [0.25, 0.3) is 5.91 Å². The summed E-state index contributed by atoms with van der Waals surface area (Å²) < 4.78 is 10.6. The van der Waals surface area contributed by atoms with Crippen LogP contribution in [0.15, 0.2) is 54.9 Å². The lowest BCUT2D eigenvalue weighted by Gasteiger charge is -2.08. The molecule has 2 aromatic carbocycles. The minimum absolute atomic E-state index is 0.218. The normalized spacial score (nSPS) is 11.9. The van der Waals surface area contributed by atoms with Gasteiger partial charge in [-0.15, -0.1) is 0 Å². The summed E-state index contributed by atoms with van der Waals surface area (Å²) in [5.41, 5.74) is 1.98. The van der Waals surface area contributed by atoms with E-state index in [1.54, 1.807) is 18.2 Å². The molecule has 8 heteroatoms. The molecule has 0 fully saturated rings. The molecule has 1 amide bonds. The molecule has 1 aliphatic rings. The van der Waals surface area contributed by atoms with Crippen LogP contribution in [0.3, 0.4) is 0 Å². The molecule has 2 N–H and O–H groups in total. The maximum atomic E-state index is 12.4. The van der Waals surface area contributed by atoms with Crippen molar-refractivity contribution in [1.82, 2.24) is 15.3 Å². The number of halogens is 1. The van der Waals surface area contributed by atoms with E-state index in [1.165, 1.54) is 6.33 Å². The fourth-order valence-corrected chi connectivity index (χ4v) is 2.68. The van der Waals surface area contributed by atoms with Crippen molar-refractivity contribution in [1.29, 1.82) is 0 Å². The van der Waals surface area contributed by atoms with E-state index in [2.05, 4.69) is 20.6 Å². The second kappa shape index (κ2) is 7.51. The number of anilines is 2. The molecule has 1 aliphatic heterocycles. The lowest BCUT2D eigenvalue weighted by molar-refractivity contribution is 0.0945. The van der Waals surface area contributed by atoms with Crippen molar-refractivity contribution in [2.45, 2.75) is 6.54 Å². The van der Waals surface area contributed by atoms with Crippen LogP contribution < -0.4 is 20.1 Å². The highest BCUT2D eigenvalue weighted by atomic mass is 35.5. The molecule has 0 bridgehead atoms. The first-order valence-corrected chi connectivity index (χ1v) is 8.56. The van der Waals surface area contributed by atoms with Crippen LogP contribution in [-0.4, -0.2) is 22.7 Å². The Balaban J connectivity index is 1.40. The molecule has 3 aromatic rings. The number of hydrogen-bond acceptors (Lipinski definition) is 6. The summed E-state index contributed by atoms with van der Waals surface area (Å²) in [4.78, 5) is 20.6. The number of nitrogens with zero attached hydrogens (tertiary/aromatic N) is 2. The highest BCUT2D eigenvalue weighted by Crippen LogP contribution is 2.32. The van der Waals surface area contributed by atoms with Gasteiger partial charge in [-0.1, -0.05) is 17.7 Å². The number of nitrogens with one attached hydrogen (secondary N) is 2. The van der Waals surface area contributed by atoms with Crippen molar-refractivity contribution < 1.29 is 14.3 Å². The Hall–Kier alpha value is -3.32. The summed E-state index contributed by atoms with van der Waals surface area (Å²) in [6.45, 7) is 0.564. The maximum absolute atomic E-state index is 12.4. The topological polar surface area (TPSA) is 85.4 Å². The van der Waals surface area contributed by atoms with Crippen LogP contribution in [0, 0.1) is 0 Å². The van der Waals surface area contributed by atoms with Gasteiger partial charge in [-0.25, -0.2) is 9.97 Å². The van der Waals surface area contributed by atoms with Crippen LogP contribution in [0.4, 0.5) is 11.5 Å². The molecule has 7 nitrogen and oxygen atoms in total. The van der Waals surface area contributed by atoms with Gasteiger partial charge >= 0.3 is 0 Å². The molecular formula is C19H15ClN4O3. The maximum Gasteiger partial charge on any atom is 0.270 e. The van der Waals surface area contributed by atoms with Gasteiger partial charge < -0.3 is 20.1 Å². The van der Waals surface area contributed by atoms with E-state index in [0.717, 1.165) is 11.3 Å². The Labute approximate surface area is 160 Å². The lowest BCUT2D eigenvalue weighted by atomic mass is 10.2. The van der Waals surface area contributed by atoms with Gasteiger partial charge in [-0.05, 0) is 42.0 Å². The molecule has 0 radical (unpaired) electrons. The summed E-state index contributed by atoms with van der Waals surface area (Å²) in [5.74, 6) is 1.60. The van der Waals surface area contributed by atoms with Crippen molar-refractivity contribution in [3.8, 4) is 11.5 Å². The fraction of sp³-hybridized carbons (Fsp3) is 0.105. The van der Waals surface area contributed by atoms with Crippen LogP contribution in [0.2, 0.25) is 5.02 Å².